The normalized spacial score (nSPS) is 16.5. The molecule has 0 radical (unpaired) electrons. The van der Waals surface area contributed by atoms with Crippen LogP contribution in [-0.4, -0.2) is 52.1 Å². The predicted octanol–water partition coefficient (Wildman–Crippen LogP) is 1.42. The number of hydrogen-bond acceptors (Lipinski definition) is 5. The number of aryl methyl sites for hydroxylation is 1. The Morgan fingerprint density at radius 3 is 2.86 bits per heavy atom. The summed E-state index contributed by atoms with van der Waals surface area (Å²) in [6, 6.07) is 0. The van der Waals surface area contributed by atoms with Crippen molar-refractivity contribution in [3.63, 3.8) is 0 Å². The number of imidazole rings is 1. The van der Waals surface area contributed by atoms with Crippen LogP contribution in [0.15, 0.2) is 6.20 Å². The number of likely N-dealkylation sites (N-methyl/N-ethyl adjacent to an activating group) is 1. The van der Waals surface area contributed by atoms with E-state index in [4.69, 9.17) is 0 Å². The van der Waals surface area contributed by atoms with Gasteiger partial charge in [0, 0.05) is 20.0 Å². The summed E-state index contributed by atoms with van der Waals surface area (Å²) < 4.78 is 1.70. The second-order valence-corrected chi connectivity index (χ2v) is 5.66. The fourth-order valence-electron chi connectivity index (χ4n) is 2.93. The van der Waals surface area contributed by atoms with E-state index in [-0.39, 0.29) is 10.7 Å². The Morgan fingerprint density at radius 2 is 2.24 bits per heavy atom. The van der Waals surface area contributed by atoms with Gasteiger partial charge in [0.2, 0.25) is 0 Å². The van der Waals surface area contributed by atoms with Crippen LogP contribution in [0.5, 0.6) is 0 Å². The molecule has 2 rings (SSSR count). The first-order chi connectivity index (χ1) is 10.1. The van der Waals surface area contributed by atoms with Crippen LogP contribution in [0, 0.1) is 23.0 Å². The minimum Gasteiger partial charge on any atom is -0.358 e. The number of nitrogens with one attached hydrogen (secondary N) is 1. The van der Waals surface area contributed by atoms with Gasteiger partial charge in [0.1, 0.15) is 12.7 Å². The minimum absolute atomic E-state index is 0.0884. The van der Waals surface area contributed by atoms with Crippen LogP contribution >= 0.6 is 0 Å². The Labute approximate surface area is 125 Å². The number of aromatic nitrogens is 2. The van der Waals surface area contributed by atoms with Gasteiger partial charge in [0.25, 0.3) is 0 Å². The molecule has 0 aromatic carbocycles. The van der Waals surface area contributed by atoms with Crippen molar-refractivity contribution in [3.8, 4) is 0 Å². The SMILES string of the molecule is CCN(CCn1c([N+](=O)[O-])cnc1C)CC1CCNCC1. The number of nitro groups is 1. The summed E-state index contributed by atoms with van der Waals surface area (Å²) in [5.41, 5.74) is 0. The lowest BCUT2D eigenvalue weighted by molar-refractivity contribution is -0.392. The second-order valence-electron chi connectivity index (χ2n) is 5.66. The molecule has 0 amide bonds. The van der Waals surface area contributed by atoms with Crippen molar-refractivity contribution in [2.45, 2.75) is 33.2 Å². The van der Waals surface area contributed by atoms with E-state index in [0.717, 1.165) is 38.6 Å². The molecule has 21 heavy (non-hydrogen) atoms. The molecule has 1 aliphatic rings. The monoisotopic (exact) mass is 295 g/mol. The van der Waals surface area contributed by atoms with Gasteiger partial charge in [-0.1, -0.05) is 6.92 Å². The molecular weight excluding hydrogens is 270 g/mol. The highest BCUT2D eigenvalue weighted by Gasteiger charge is 2.20. The first-order valence-corrected chi connectivity index (χ1v) is 7.71. The van der Waals surface area contributed by atoms with Gasteiger partial charge < -0.3 is 15.4 Å². The van der Waals surface area contributed by atoms with Crippen LogP contribution in [0.1, 0.15) is 25.6 Å². The Bertz CT molecular complexity index is 468. The molecule has 2 heterocycles. The predicted molar refractivity (Wildman–Crippen MR) is 81.3 cm³/mol. The minimum atomic E-state index is -0.358. The zero-order valence-corrected chi connectivity index (χ0v) is 12.9. The van der Waals surface area contributed by atoms with Crippen LogP contribution in [0.2, 0.25) is 0 Å². The van der Waals surface area contributed by atoms with Crippen molar-refractivity contribution >= 4 is 5.82 Å². The van der Waals surface area contributed by atoms with E-state index in [0.29, 0.717) is 12.4 Å². The Balaban J connectivity index is 1.90. The molecule has 0 bridgehead atoms. The molecule has 0 unspecified atom stereocenters. The smallest absolute Gasteiger partial charge is 0.342 e. The van der Waals surface area contributed by atoms with Gasteiger partial charge in [-0.15, -0.1) is 0 Å². The maximum absolute atomic E-state index is 11.0. The van der Waals surface area contributed by atoms with E-state index in [1.54, 1.807) is 4.57 Å². The molecule has 1 fully saturated rings. The third kappa shape index (κ3) is 4.25. The van der Waals surface area contributed by atoms with Gasteiger partial charge in [-0.25, -0.2) is 9.55 Å². The van der Waals surface area contributed by atoms with Gasteiger partial charge in [-0.3, -0.25) is 4.90 Å². The first kappa shape index (κ1) is 15.9. The first-order valence-electron chi connectivity index (χ1n) is 7.71. The highest BCUT2D eigenvalue weighted by atomic mass is 16.6. The summed E-state index contributed by atoms with van der Waals surface area (Å²) in [4.78, 5) is 17.1. The van der Waals surface area contributed by atoms with E-state index >= 15 is 0 Å². The Kier molecular flexibility index (Phi) is 5.69. The summed E-state index contributed by atoms with van der Waals surface area (Å²) in [5, 5.41) is 14.4. The van der Waals surface area contributed by atoms with Crippen molar-refractivity contribution in [1.82, 2.24) is 19.8 Å². The summed E-state index contributed by atoms with van der Waals surface area (Å²) in [7, 11) is 0. The third-order valence-corrected chi connectivity index (χ3v) is 4.28. The molecule has 118 valence electrons. The van der Waals surface area contributed by atoms with Crippen LogP contribution in [-0.2, 0) is 6.54 Å². The van der Waals surface area contributed by atoms with Gasteiger partial charge in [-0.2, -0.15) is 0 Å². The summed E-state index contributed by atoms with van der Waals surface area (Å²) in [5.74, 6) is 1.54. The van der Waals surface area contributed by atoms with E-state index in [1.807, 2.05) is 6.92 Å². The average molecular weight is 295 g/mol. The largest absolute Gasteiger partial charge is 0.358 e. The summed E-state index contributed by atoms with van der Waals surface area (Å²) in [6.45, 7) is 9.69. The third-order valence-electron chi connectivity index (χ3n) is 4.28. The van der Waals surface area contributed by atoms with Crippen LogP contribution in [0.3, 0.4) is 0 Å². The van der Waals surface area contributed by atoms with Crippen molar-refractivity contribution in [3.05, 3.63) is 22.1 Å². The summed E-state index contributed by atoms with van der Waals surface area (Å²) >= 11 is 0. The molecule has 1 aromatic rings. The number of nitrogens with zero attached hydrogens (tertiary/aromatic N) is 4. The summed E-state index contributed by atoms with van der Waals surface area (Å²) in [6.07, 6.45) is 3.79. The lowest BCUT2D eigenvalue weighted by atomic mass is 9.97. The van der Waals surface area contributed by atoms with Gasteiger partial charge in [0.15, 0.2) is 5.82 Å². The lowest BCUT2D eigenvalue weighted by Gasteiger charge is -2.29. The fraction of sp³-hybridized carbons (Fsp3) is 0.786. The van der Waals surface area contributed by atoms with E-state index < -0.39 is 0 Å². The maximum atomic E-state index is 11.0. The lowest BCUT2D eigenvalue weighted by Crippen LogP contribution is -2.37. The van der Waals surface area contributed by atoms with Gasteiger partial charge in [-0.05, 0) is 43.3 Å². The highest BCUT2D eigenvalue weighted by Crippen LogP contribution is 2.16. The molecular formula is C14H25N5O2. The van der Waals surface area contributed by atoms with Crippen LogP contribution < -0.4 is 5.32 Å². The molecule has 0 atom stereocenters. The van der Waals surface area contributed by atoms with Gasteiger partial charge in [0.05, 0.1) is 0 Å². The zero-order valence-electron chi connectivity index (χ0n) is 12.9. The topological polar surface area (TPSA) is 76.2 Å². The fourth-order valence-corrected chi connectivity index (χ4v) is 2.93. The van der Waals surface area contributed by atoms with E-state index in [9.17, 15) is 10.1 Å². The molecule has 1 saturated heterocycles. The highest BCUT2D eigenvalue weighted by molar-refractivity contribution is 5.18. The zero-order chi connectivity index (χ0) is 15.2. The van der Waals surface area contributed by atoms with Crippen molar-refractivity contribution in [2.24, 2.45) is 5.92 Å². The Morgan fingerprint density at radius 1 is 1.52 bits per heavy atom. The van der Waals surface area contributed by atoms with Gasteiger partial charge >= 0.3 is 5.82 Å². The molecule has 0 saturated carbocycles. The average Bonchev–Trinajstić information content (AvgIpc) is 2.86. The maximum Gasteiger partial charge on any atom is 0.342 e. The molecule has 0 spiro atoms. The van der Waals surface area contributed by atoms with Crippen molar-refractivity contribution in [2.75, 3.05) is 32.7 Å². The molecule has 7 nitrogen and oxygen atoms in total. The molecule has 1 aromatic heterocycles. The standard InChI is InChI=1S/C14H25N5O2/c1-3-17(11-13-4-6-15-7-5-13)8-9-18-12(2)16-10-14(18)19(20)21/h10,13,15H,3-9,11H2,1-2H3. The number of piperidine rings is 1. The molecule has 1 N–H and O–H groups in total. The van der Waals surface area contributed by atoms with Crippen LogP contribution in [0.25, 0.3) is 0 Å². The van der Waals surface area contributed by atoms with E-state index in [2.05, 4.69) is 22.1 Å². The van der Waals surface area contributed by atoms with Crippen molar-refractivity contribution in [1.29, 1.82) is 0 Å². The second kappa shape index (κ2) is 7.51. The number of hydrogen-bond donors (Lipinski definition) is 1. The molecule has 0 aliphatic carbocycles. The molecule has 1 aliphatic heterocycles. The van der Waals surface area contributed by atoms with Crippen LogP contribution in [0.4, 0.5) is 5.82 Å². The number of rotatable bonds is 7. The Hall–Kier alpha value is -1.47. The molecule has 7 heteroatoms. The van der Waals surface area contributed by atoms with E-state index in [1.165, 1.54) is 19.0 Å². The quantitative estimate of drug-likeness (QED) is 0.608. The van der Waals surface area contributed by atoms with Crippen molar-refractivity contribution < 1.29 is 4.92 Å².